The van der Waals surface area contributed by atoms with E-state index in [-0.39, 0.29) is 24.0 Å². The Morgan fingerprint density at radius 1 is 1.29 bits per heavy atom. The average molecular weight is 374 g/mol. The molecule has 4 rings (SSSR count). The minimum atomic E-state index is -0.0584. The summed E-state index contributed by atoms with van der Waals surface area (Å²) < 4.78 is 7.14. The third kappa shape index (κ3) is 3.81. The SMILES string of the molecule is N#Cc1nccnc1-n1cc(C(=O)Cc2ccc([C@H]3CNCCO3)cc2)cn1. The molecule has 8 nitrogen and oxygen atoms in total. The van der Waals surface area contributed by atoms with Crippen LogP contribution in [0, 0.1) is 11.3 Å². The van der Waals surface area contributed by atoms with Crippen molar-refractivity contribution in [3.05, 3.63) is 71.4 Å². The summed E-state index contributed by atoms with van der Waals surface area (Å²) in [6.45, 7) is 2.37. The van der Waals surface area contributed by atoms with Gasteiger partial charge in [0.2, 0.25) is 0 Å². The first-order valence-corrected chi connectivity index (χ1v) is 8.95. The third-order valence-electron chi connectivity index (χ3n) is 4.55. The van der Waals surface area contributed by atoms with Crippen LogP contribution in [0.2, 0.25) is 0 Å². The Balaban J connectivity index is 1.46. The van der Waals surface area contributed by atoms with Gasteiger partial charge in [0.25, 0.3) is 0 Å². The zero-order chi connectivity index (χ0) is 19.3. The molecule has 1 aliphatic heterocycles. The maximum Gasteiger partial charge on any atom is 0.190 e. The molecule has 0 bridgehead atoms. The number of aromatic nitrogens is 4. The van der Waals surface area contributed by atoms with Crippen molar-refractivity contribution in [1.82, 2.24) is 25.1 Å². The van der Waals surface area contributed by atoms with Crippen molar-refractivity contribution in [2.75, 3.05) is 19.7 Å². The Bertz CT molecular complexity index is 1020. The Hall–Kier alpha value is -3.41. The summed E-state index contributed by atoms with van der Waals surface area (Å²) in [5, 5.41) is 16.6. The highest BCUT2D eigenvalue weighted by Crippen LogP contribution is 2.20. The van der Waals surface area contributed by atoms with Gasteiger partial charge in [0.15, 0.2) is 17.3 Å². The molecule has 1 aliphatic rings. The molecule has 0 aliphatic carbocycles. The van der Waals surface area contributed by atoms with Crippen molar-refractivity contribution in [1.29, 1.82) is 5.26 Å². The highest BCUT2D eigenvalue weighted by atomic mass is 16.5. The lowest BCUT2D eigenvalue weighted by molar-refractivity contribution is 0.0277. The van der Waals surface area contributed by atoms with Crippen LogP contribution in [0.25, 0.3) is 5.82 Å². The summed E-state index contributed by atoms with van der Waals surface area (Å²) in [6.07, 6.45) is 6.29. The highest BCUT2D eigenvalue weighted by Gasteiger charge is 2.16. The van der Waals surface area contributed by atoms with E-state index < -0.39 is 0 Å². The van der Waals surface area contributed by atoms with Crippen LogP contribution in [0.5, 0.6) is 0 Å². The van der Waals surface area contributed by atoms with Gasteiger partial charge < -0.3 is 10.1 Å². The Labute approximate surface area is 161 Å². The van der Waals surface area contributed by atoms with E-state index in [1.54, 1.807) is 6.20 Å². The van der Waals surface area contributed by atoms with Gasteiger partial charge in [0.1, 0.15) is 6.07 Å². The number of carbonyl (C=O) groups excluding carboxylic acids is 1. The first-order chi connectivity index (χ1) is 13.7. The minimum absolute atomic E-state index is 0.0537. The van der Waals surface area contributed by atoms with Gasteiger partial charge in [0.05, 0.1) is 24.5 Å². The molecule has 0 radical (unpaired) electrons. The van der Waals surface area contributed by atoms with Crippen molar-refractivity contribution >= 4 is 5.78 Å². The van der Waals surface area contributed by atoms with E-state index in [1.165, 1.54) is 23.3 Å². The average Bonchev–Trinajstić information content (AvgIpc) is 3.25. The van der Waals surface area contributed by atoms with E-state index in [9.17, 15) is 4.79 Å². The predicted octanol–water partition coefficient (Wildman–Crippen LogP) is 1.62. The number of carbonyl (C=O) groups is 1. The van der Waals surface area contributed by atoms with E-state index >= 15 is 0 Å². The largest absolute Gasteiger partial charge is 0.371 e. The fraction of sp³-hybridized carbons (Fsp3) is 0.250. The van der Waals surface area contributed by atoms with Gasteiger partial charge in [-0.3, -0.25) is 4.79 Å². The molecular formula is C20H18N6O2. The van der Waals surface area contributed by atoms with Crippen LogP contribution in [-0.4, -0.2) is 45.2 Å². The molecular weight excluding hydrogens is 356 g/mol. The number of ether oxygens (including phenoxy) is 1. The first-order valence-electron chi connectivity index (χ1n) is 8.95. The maximum atomic E-state index is 12.6. The highest BCUT2D eigenvalue weighted by molar-refractivity contribution is 5.97. The molecule has 3 aromatic rings. The summed E-state index contributed by atoms with van der Waals surface area (Å²) in [4.78, 5) is 20.7. The lowest BCUT2D eigenvalue weighted by Crippen LogP contribution is -2.33. The summed E-state index contributed by atoms with van der Waals surface area (Å²) in [7, 11) is 0. The monoisotopic (exact) mass is 374 g/mol. The van der Waals surface area contributed by atoms with E-state index in [0.29, 0.717) is 18.0 Å². The topological polar surface area (TPSA) is 106 Å². The van der Waals surface area contributed by atoms with Gasteiger partial charge in [0, 0.05) is 38.1 Å². The minimum Gasteiger partial charge on any atom is -0.371 e. The molecule has 3 heterocycles. The smallest absolute Gasteiger partial charge is 0.190 e. The predicted molar refractivity (Wildman–Crippen MR) is 99.9 cm³/mol. The van der Waals surface area contributed by atoms with Gasteiger partial charge in [-0.25, -0.2) is 14.6 Å². The number of nitriles is 1. The van der Waals surface area contributed by atoms with Crippen LogP contribution in [0.1, 0.15) is 33.3 Å². The second kappa shape index (κ2) is 8.08. The van der Waals surface area contributed by atoms with Gasteiger partial charge in [-0.15, -0.1) is 0 Å². The number of nitrogens with one attached hydrogen (secondary N) is 1. The quantitative estimate of drug-likeness (QED) is 0.677. The number of Topliss-reactive ketones (excluding diaryl/α,β-unsaturated/α-hetero) is 1. The number of morpholine rings is 1. The van der Waals surface area contributed by atoms with Crippen LogP contribution in [-0.2, 0) is 11.2 Å². The first kappa shape index (κ1) is 18.0. The summed E-state index contributed by atoms with van der Waals surface area (Å²) in [5.74, 6) is 0.242. The molecule has 0 unspecified atom stereocenters. The Morgan fingerprint density at radius 2 is 2.11 bits per heavy atom. The maximum absolute atomic E-state index is 12.6. The van der Waals surface area contributed by atoms with Crippen molar-refractivity contribution in [2.45, 2.75) is 12.5 Å². The third-order valence-corrected chi connectivity index (χ3v) is 4.55. The molecule has 0 spiro atoms. The number of ketones is 1. The van der Waals surface area contributed by atoms with Gasteiger partial charge in [-0.1, -0.05) is 24.3 Å². The molecule has 8 heteroatoms. The van der Waals surface area contributed by atoms with E-state index in [2.05, 4.69) is 20.4 Å². The zero-order valence-corrected chi connectivity index (χ0v) is 15.1. The Morgan fingerprint density at radius 3 is 2.86 bits per heavy atom. The van der Waals surface area contributed by atoms with Gasteiger partial charge in [-0.2, -0.15) is 10.4 Å². The number of hydrogen-bond donors (Lipinski definition) is 1. The van der Waals surface area contributed by atoms with Crippen LogP contribution in [0.15, 0.2) is 49.1 Å². The molecule has 0 saturated carbocycles. The molecule has 1 aromatic carbocycles. The van der Waals surface area contributed by atoms with Crippen molar-refractivity contribution in [3.8, 4) is 11.9 Å². The second-order valence-corrected chi connectivity index (χ2v) is 6.42. The normalized spacial score (nSPS) is 16.5. The van der Waals surface area contributed by atoms with Crippen molar-refractivity contribution in [3.63, 3.8) is 0 Å². The molecule has 1 N–H and O–H groups in total. The molecule has 0 amide bonds. The van der Waals surface area contributed by atoms with Crippen molar-refractivity contribution in [2.24, 2.45) is 0 Å². The number of benzene rings is 1. The summed E-state index contributed by atoms with van der Waals surface area (Å²) in [6, 6.07) is 9.88. The van der Waals surface area contributed by atoms with Crippen LogP contribution < -0.4 is 5.32 Å². The molecule has 2 aromatic heterocycles. The number of nitrogens with zero attached hydrogens (tertiary/aromatic N) is 5. The lowest BCUT2D eigenvalue weighted by atomic mass is 10.0. The molecule has 1 atom stereocenters. The molecule has 1 fully saturated rings. The summed E-state index contributed by atoms with van der Waals surface area (Å²) in [5.41, 5.74) is 2.63. The second-order valence-electron chi connectivity index (χ2n) is 6.42. The standard InChI is InChI=1S/C20H18N6O2/c21-10-17-20(24-6-5-23-17)26-13-16(11-25-26)18(27)9-14-1-3-15(4-2-14)19-12-22-7-8-28-19/h1-6,11,13,19,22H,7-9,12H2/t19-/m1/s1. The van der Waals surface area contributed by atoms with Crippen molar-refractivity contribution < 1.29 is 9.53 Å². The van der Waals surface area contributed by atoms with Gasteiger partial charge >= 0.3 is 0 Å². The van der Waals surface area contributed by atoms with Crippen LogP contribution in [0.4, 0.5) is 0 Å². The molecule has 28 heavy (non-hydrogen) atoms. The van der Waals surface area contributed by atoms with Gasteiger partial charge in [-0.05, 0) is 11.1 Å². The van der Waals surface area contributed by atoms with Crippen LogP contribution >= 0.6 is 0 Å². The summed E-state index contributed by atoms with van der Waals surface area (Å²) >= 11 is 0. The fourth-order valence-corrected chi connectivity index (χ4v) is 3.08. The Kier molecular flexibility index (Phi) is 5.19. The number of rotatable bonds is 5. The zero-order valence-electron chi connectivity index (χ0n) is 15.1. The van der Waals surface area contributed by atoms with E-state index in [1.807, 2.05) is 30.3 Å². The van der Waals surface area contributed by atoms with Crippen LogP contribution in [0.3, 0.4) is 0 Å². The van der Waals surface area contributed by atoms with E-state index in [0.717, 1.165) is 24.2 Å². The molecule has 140 valence electrons. The molecule has 1 saturated heterocycles. The fourth-order valence-electron chi connectivity index (χ4n) is 3.08. The van der Waals surface area contributed by atoms with E-state index in [4.69, 9.17) is 10.00 Å². The lowest BCUT2D eigenvalue weighted by Gasteiger charge is -2.24. The number of hydrogen-bond acceptors (Lipinski definition) is 7.